The zero-order valence-corrected chi connectivity index (χ0v) is 11.2. The van der Waals surface area contributed by atoms with E-state index in [9.17, 15) is 4.79 Å². The molecule has 1 aromatic carbocycles. The van der Waals surface area contributed by atoms with Gasteiger partial charge in [0.25, 0.3) is 5.91 Å². The van der Waals surface area contributed by atoms with Gasteiger partial charge < -0.3 is 10.4 Å². The monoisotopic (exact) mass is 257 g/mol. The number of carbonyl (C=O) groups is 1. The van der Waals surface area contributed by atoms with Crippen LogP contribution < -0.4 is 5.32 Å². The number of aliphatic hydroxyl groups excluding tert-OH is 1. The lowest BCUT2D eigenvalue weighted by Crippen LogP contribution is -2.52. The average Bonchev–Trinajstić information content (AvgIpc) is 2.40. The molecule has 19 heavy (non-hydrogen) atoms. The molecule has 0 radical (unpaired) electrons. The van der Waals surface area contributed by atoms with Gasteiger partial charge in [-0.3, -0.25) is 4.79 Å². The molecule has 1 saturated carbocycles. The Morgan fingerprint density at radius 1 is 1.47 bits per heavy atom. The van der Waals surface area contributed by atoms with E-state index in [1.165, 1.54) is 6.42 Å². The van der Waals surface area contributed by atoms with Crippen LogP contribution in [0.4, 0.5) is 0 Å². The molecule has 1 aliphatic carbocycles. The van der Waals surface area contributed by atoms with Gasteiger partial charge in [0.2, 0.25) is 0 Å². The van der Waals surface area contributed by atoms with E-state index >= 15 is 0 Å². The maximum Gasteiger partial charge on any atom is 0.251 e. The van der Waals surface area contributed by atoms with Crippen LogP contribution in [0.3, 0.4) is 0 Å². The van der Waals surface area contributed by atoms with Gasteiger partial charge in [0, 0.05) is 16.7 Å². The van der Waals surface area contributed by atoms with Gasteiger partial charge >= 0.3 is 0 Å². The van der Waals surface area contributed by atoms with Crippen LogP contribution >= 0.6 is 0 Å². The molecule has 0 heterocycles. The van der Waals surface area contributed by atoms with E-state index in [-0.39, 0.29) is 18.1 Å². The maximum atomic E-state index is 12.2. The molecule has 0 aromatic heterocycles. The summed E-state index contributed by atoms with van der Waals surface area (Å²) in [5.74, 6) is 5.37. The largest absolute Gasteiger partial charge is 0.384 e. The Labute approximate surface area is 114 Å². The van der Waals surface area contributed by atoms with Crippen molar-refractivity contribution >= 4 is 5.91 Å². The Morgan fingerprint density at radius 3 is 2.84 bits per heavy atom. The molecular formula is C16H19NO2. The Kier molecular flexibility index (Phi) is 4.24. The second-order valence-electron chi connectivity index (χ2n) is 4.98. The van der Waals surface area contributed by atoms with Crippen LogP contribution in [0, 0.1) is 11.8 Å². The minimum atomic E-state index is -0.171. The lowest BCUT2D eigenvalue weighted by Gasteiger charge is -2.42. The number of rotatable bonds is 3. The first-order chi connectivity index (χ1) is 9.19. The predicted octanol–water partition coefficient (Wildman–Crippen LogP) is 2.09. The SMILES string of the molecule is CCC1(NC(=O)c2cccc(C#CCO)c2)CCC1. The summed E-state index contributed by atoms with van der Waals surface area (Å²) in [5.41, 5.74) is 1.38. The van der Waals surface area contributed by atoms with Crippen LogP contribution in [-0.4, -0.2) is 23.2 Å². The molecule has 1 amide bonds. The summed E-state index contributed by atoms with van der Waals surface area (Å²) < 4.78 is 0. The van der Waals surface area contributed by atoms with Gasteiger partial charge in [-0.2, -0.15) is 0 Å². The third-order valence-corrected chi connectivity index (χ3v) is 3.80. The zero-order valence-electron chi connectivity index (χ0n) is 11.2. The second-order valence-corrected chi connectivity index (χ2v) is 4.98. The smallest absolute Gasteiger partial charge is 0.251 e. The molecule has 3 nitrogen and oxygen atoms in total. The van der Waals surface area contributed by atoms with Crippen molar-refractivity contribution in [3.05, 3.63) is 35.4 Å². The molecule has 100 valence electrons. The minimum Gasteiger partial charge on any atom is -0.384 e. The molecule has 2 rings (SSSR count). The van der Waals surface area contributed by atoms with Gasteiger partial charge in [0.15, 0.2) is 0 Å². The summed E-state index contributed by atoms with van der Waals surface area (Å²) in [6.07, 6.45) is 4.30. The van der Waals surface area contributed by atoms with Crippen molar-refractivity contribution in [2.75, 3.05) is 6.61 Å². The topological polar surface area (TPSA) is 49.3 Å². The zero-order chi connectivity index (χ0) is 13.7. The molecule has 3 heteroatoms. The van der Waals surface area contributed by atoms with Crippen LogP contribution in [0.1, 0.15) is 48.5 Å². The highest BCUT2D eigenvalue weighted by atomic mass is 16.2. The van der Waals surface area contributed by atoms with Crippen LogP contribution in [0.5, 0.6) is 0 Å². The number of benzene rings is 1. The number of carbonyl (C=O) groups excluding carboxylic acids is 1. The second kappa shape index (κ2) is 5.90. The molecule has 0 bridgehead atoms. The van der Waals surface area contributed by atoms with Gasteiger partial charge in [-0.15, -0.1) is 0 Å². The molecule has 2 N–H and O–H groups in total. The maximum absolute atomic E-state index is 12.2. The van der Waals surface area contributed by atoms with E-state index in [2.05, 4.69) is 24.1 Å². The van der Waals surface area contributed by atoms with Gasteiger partial charge in [0.05, 0.1) is 0 Å². The van der Waals surface area contributed by atoms with Crippen molar-refractivity contribution in [2.24, 2.45) is 0 Å². The molecular weight excluding hydrogens is 238 g/mol. The fourth-order valence-electron chi connectivity index (χ4n) is 2.36. The minimum absolute atomic E-state index is 0.00383. The van der Waals surface area contributed by atoms with E-state index < -0.39 is 0 Å². The van der Waals surface area contributed by atoms with Gasteiger partial charge in [-0.05, 0) is 43.9 Å². The third kappa shape index (κ3) is 3.15. The summed E-state index contributed by atoms with van der Waals surface area (Å²) in [6.45, 7) is 1.94. The predicted molar refractivity (Wildman–Crippen MR) is 74.7 cm³/mol. The summed E-state index contributed by atoms with van der Waals surface area (Å²) in [5, 5.41) is 11.8. The molecule has 0 spiro atoms. The summed E-state index contributed by atoms with van der Waals surface area (Å²) in [6, 6.07) is 7.20. The Morgan fingerprint density at radius 2 is 2.26 bits per heavy atom. The molecule has 0 unspecified atom stereocenters. The van der Waals surface area contributed by atoms with Gasteiger partial charge in [-0.1, -0.05) is 24.8 Å². The number of amides is 1. The number of hydrogen-bond donors (Lipinski definition) is 2. The molecule has 0 aliphatic heterocycles. The number of hydrogen-bond acceptors (Lipinski definition) is 2. The molecule has 0 saturated heterocycles. The molecule has 1 fully saturated rings. The van der Waals surface area contributed by atoms with Crippen molar-refractivity contribution < 1.29 is 9.90 Å². The van der Waals surface area contributed by atoms with Crippen molar-refractivity contribution in [3.63, 3.8) is 0 Å². The van der Waals surface area contributed by atoms with E-state index in [0.717, 1.165) is 24.8 Å². The van der Waals surface area contributed by atoms with Gasteiger partial charge in [-0.25, -0.2) is 0 Å². The van der Waals surface area contributed by atoms with E-state index in [4.69, 9.17) is 5.11 Å². The highest BCUT2D eigenvalue weighted by Gasteiger charge is 2.36. The van der Waals surface area contributed by atoms with Crippen molar-refractivity contribution in [1.82, 2.24) is 5.32 Å². The lowest BCUT2D eigenvalue weighted by molar-refractivity contribution is 0.0820. The summed E-state index contributed by atoms with van der Waals surface area (Å²) >= 11 is 0. The fraction of sp³-hybridized carbons (Fsp3) is 0.438. The van der Waals surface area contributed by atoms with Crippen molar-refractivity contribution in [1.29, 1.82) is 0 Å². The first-order valence-corrected chi connectivity index (χ1v) is 6.71. The van der Waals surface area contributed by atoms with Crippen molar-refractivity contribution in [2.45, 2.75) is 38.1 Å². The average molecular weight is 257 g/mol. The molecule has 1 aromatic rings. The Hall–Kier alpha value is -1.79. The molecule has 0 atom stereocenters. The Bertz CT molecular complexity index is 516. The highest BCUT2D eigenvalue weighted by Crippen LogP contribution is 2.34. The fourth-order valence-corrected chi connectivity index (χ4v) is 2.36. The van der Waals surface area contributed by atoms with Crippen LogP contribution in [0.25, 0.3) is 0 Å². The van der Waals surface area contributed by atoms with Crippen LogP contribution in [-0.2, 0) is 0 Å². The molecule has 1 aliphatic rings. The highest BCUT2D eigenvalue weighted by molar-refractivity contribution is 5.95. The van der Waals surface area contributed by atoms with E-state index in [1.807, 2.05) is 12.1 Å². The van der Waals surface area contributed by atoms with Crippen LogP contribution in [0.15, 0.2) is 24.3 Å². The summed E-state index contributed by atoms with van der Waals surface area (Å²) in [4.78, 5) is 12.2. The third-order valence-electron chi connectivity index (χ3n) is 3.80. The van der Waals surface area contributed by atoms with E-state index in [0.29, 0.717) is 5.56 Å². The van der Waals surface area contributed by atoms with E-state index in [1.54, 1.807) is 12.1 Å². The van der Waals surface area contributed by atoms with Crippen LogP contribution in [0.2, 0.25) is 0 Å². The normalized spacial score (nSPS) is 15.9. The number of aliphatic hydroxyl groups is 1. The van der Waals surface area contributed by atoms with Gasteiger partial charge in [0.1, 0.15) is 6.61 Å². The first kappa shape index (κ1) is 13.6. The summed E-state index contributed by atoms with van der Waals surface area (Å²) in [7, 11) is 0. The first-order valence-electron chi connectivity index (χ1n) is 6.71. The quantitative estimate of drug-likeness (QED) is 0.815. The number of nitrogens with one attached hydrogen (secondary N) is 1. The lowest BCUT2D eigenvalue weighted by atomic mass is 9.74. The van der Waals surface area contributed by atoms with Crippen molar-refractivity contribution in [3.8, 4) is 11.8 Å². The Balaban J connectivity index is 2.10. The standard InChI is InChI=1S/C16H19NO2/c1-2-16(9-5-10-16)17-15(19)14-8-3-6-13(12-14)7-4-11-18/h3,6,8,12,18H,2,5,9-11H2,1H3,(H,17,19).